The molecule has 5 nitrogen and oxygen atoms in total. The summed E-state index contributed by atoms with van der Waals surface area (Å²) in [5.41, 5.74) is 4.10. The number of nitrogens with zero attached hydrogens (tertiary/aromatic N) is 3. The van der Waals surface area contributed by atoms with Gasteiger partial charge in [0.25, 0.3) is 0 Å². The van der Waals surface area contributed by atoms with E-state index in [0.29, 0.717) is 24.1 Å². The van der Waals surface area contributed by atoms with Crippen LogP contribution in [0.2, 0.25) is 0 Å². The van der Waals surface area contributed by atoms with Crippen LogP contribution >= 0.6 is 11.8 Å². The zero-order chi connectivity index (χ0) is 18.4. The van der Waals surface area contributed by atoms with Crippen molar-refractivity contribution in [2.75, 3.05) is 19.4 Å². The minimum Gasteiger partial charge on any atom is -0.494 e. The van der Waals surface area contributed by atoms with Gasteiger partial charge in [0.15, 0.2) is 5.16 Å². The molecule has 0 saturated heterocycles. The molecule has 0 unspecified atom stereocenters. The number of carbonyl (C=O) groups is 1. The monoisotopic (exact) mass is 359 g/mol. The van der Waals surface area contributed by atoms with Crippen LogP contribution in [0.1, 0.15) is 29.4 Å². The van der Waals surface area contributed by atoms with Crippen LogP contribution < -0.4 is 4.74 Å². The Balaban J connectivity index is 1.89. The fourth-order valence-electron chi connectivity index (χ4n) is 2.26. The number of thioether (sulfide) groups is 1. The first-order chi connectivity index (χ1) is 11.9. The summed E-state index contributed by atoms with van der Waals surface area (Å²) in [6.45, 7) is 9.11. The van der Waals surface area contributed by atoms with Crippen LogP contribution in [0.15, 0.2) is 29.4 Å². The van der Waals surface area contributed by atoms with E-state index >= 15 is 0 Å². The predicted octanol–water partition coefficient (Wildman–Crippen LogP) is 3.55. The van der Waals surface area contributed by atoms with E-state index in [-0.39, 0.29) is 5.91 Å². The van der Waals surface area contributed by atoms with E-state index < -0.39 is 0 Å². The lowest BCUT2D eigenvalue weighted by atomic mass is 10.2. The van der Waals surface area contributed by atoms with Crippen LogP contribution in [-0.4, -0.2) is 40.2 Å². The van der Waals surface area contributed by atoms with Gasteiger partial charge < -0.3 is 9.64 Å². The Morgan fingerprint density at radius 1 is 1.12 bits per heavy atom. The Hall–Kier alpha value is -2.08. The van der Waals surface area contributed by atoms with Gasteiger partial charge in [0.05, 0.1) is 12.4 Å². The summed E-state index contributed by atoms with van der Waals surface area (Å²) in [5.74, 6) is 1.23. The third-order valence-corrected chi connectivity index (χ3v) is 4.85. The van der Waals surface area contributed by atoms with Crippen LogP contribution in [-0.2, 0) is 11.3 Å². The van der Waals surface area contributed by atoms with E-state index in [1.807, 2.05) is 59.0 Å². The Morgan fingerprint density at radius 3 is 2.28 bits per heavy atom. The Bertz CT molecular complexity index is 709. The third-order valence-electron chi connectivity index (χ3n) is 4.02. The molecule has 0 atom stereocenters. The normalized spacial score (nSPS) is 10.6. The van der Waals surface area contributed by atoms with Crippen molar-refractivity contribution in [3.05, 3.63) is 46.8 Å². The van der Waals surface area contributed by atoms with E-state index in [0.717, 1.165) is 28.3 Å². The van der Waals surface area contributed by atoms with E-state index in [1.165, 1.54) is 11.8 Å². The van der Waals surface area contributed by atoms with Crippen molar-refractivity contribution in [1.82, 2.24) is 14.9 Å². The van der Waals surface area contributed by atoms with Crippen molar-refractivity contribution in [3.63, 3.8) is 0 Å². The molecule has 0 N–H and O–H groups in total. The third kappa shape index (κ3) is 5.46. The second kappa shape index (κ2) is 8.85. The largest absolute Gasteiger partial charge is 0.494 e. The van der Waals surface area contributed by atoms with Gasteiger partial charge in [-0.2, -0.15) is 0 Å². The maximum atomic E-state index is 12.4. The molecule has 0 fully saturated rings. The summed E-state index contributed by atoms with van der Waals surface area (Å²) in [7, 11) is 1.81. The molecule has 0 saturated carbocycles. The van der Waals surface area contributed by atoms with Gasteiger partial charge in [-0.3, -0.25) is 4.79 Å². The van der Waals surface area contributed by atoms with Crippen molar-refractivity contribution in [2.45, 2.75) is 39.4 Å². The number of hydrogen-bond acceptors (Lipinski definition) is 5. The van der Waals surface area contributed by atoms with E-state index in [9.17, 15) is 4.79 Å². The Kier molecular flexibility index (Phi) is 6.82. The van der Waals surface area contributed by atoms with Gasteiger partial charge in [-0.05, 0) is 51.0 Å². The summed E-state index contributed by atoms with van der Waals surface area (Å²) in [5, 5.41) is 0.656. The molecule has 1 amide bonds. The molecule has 0 spiro atoms. The van der Waals surface area contributed by atoms with Gasteiger partial charge in [0, 0.05) is 25.0 Å². The summed E-state index contributed by atoms with van der Waals surface area (Å²) in [6, 6.07) is 7.82. The highest BCUT2D eigenvalue weighted by atomic mass is 32.2. The maximum absolute atomic E-state index is 12.4. The van der Waals surface area contributed by atoms with Crippen LogP contribution in [0.25, 0.3) is 0 Å². The average Bonchev–Trinajstić information content (AvgIpc) is 2.59. The first-order valence-electron chi connectivity index (χ1n) is 8.31. The standard InChI is InChI=1S/C19H25N3O2S/c1-6-24-17-9-7-16(8-10-17)11-22(5)18(23)12-25-19-20-14(3)13(2)15(4)21-19/h7-10H,6,11-12H2,1-5H3. The first kappa shape index (κ1) is 19.2. The van der Waals surface area contributed by atoms with Gasteiger partial charge in [-0.15, -0.1) is 0 Å². The number of aromatic nitrogens is 2. The quantitative estimate of drug-likeness (QED) is 0.559. The van der Waals surface area contributed by atoms with Crippen molar-refractivity contribution in [2.24, 2.45) is 0 Å². The van der Waals surface area contributed by atoms with Crippen molar-refractivity contribution < 1.29 is 9.53 Å². The molecule has 1 aromatic heterocycles. The van der Waals surface area contributed by atoms with Crippen LogP contribution in [0.5, 0.6) is 5.75 Å². The summed E-state index contributed by atoms with van der Waals surface area (Å²) in [4.78, 5) is 23.0. The van der Waals surface area contributed by atoms with Crippen LogP contribution in [0.3, 0.4) is 0 Å². The molecule has 1 aromatic carbocycles. The molecular formula is C19H25N3O2S. The average molecular weight is 359 g/mol. The Morgan fingerprint density at radius 2 is 1.72 bits per heavy atom. The number of aryl methyl sites for hydroxylation is 2. The van der Waals surface area contributed by atoms with Crippen molar-refractivity contribution in [3.8, 4) is 5.75 Å². The topological polar surface area (TPSA) is 55.3 Å². The van der Waals surface area contributed by atoms with Crippen molar-refractivity contribution >= 4 is 17.7 Å². The number of benzene rings is 1. The van der Waals surface area contributed by atoms with Gasteiger partial charge in [0.2, 0.25) is 5.91 Å². The summed E-state index contributed by atoms with van der Waals surface area (Å²) >= 11 is 1.38. The molecule has 134 valence electrons. The number of amides is 1. The van der Waals surface area contributed by atoms with E-state index in [1.54, 1.807) is 4.90 Å². The van der Waals surface area contributed by atoms with Crippen molar-refractivity contribution in [1.29, 1.82) is 0 Å². The number of hydrogen-bond donors (Lipinski definition) is 0. The molecule has 0 aliphatic rings. The van der Waals surface area contributed by atoms with E-state index in [4.69, 9.17) is 4.74 Å². The highest BCUT2D eigenvalue weighted by molar-refractivity contribution is 7.99. The second-order valence-electron chi connectivity index (χ2n) is 5.92. The molecule has 0 aliphatic carbocycles. The number of ether oxygens (including phenoxy) is 1. The smallest absolute Gasteiger partial charge is 0.233 e. The van der Waals surface area contributed by atoms with Gasteiger partial charge in [0.1, 0.15) is 5.75 Å². The van der Waals surface area contributed by atoms with Crippen LogP contribution in [0, 0.1) is 20.8 Å². The highest BCUT2D eigenvalue weighted by Crippen LogP contribution is 2.18. The molecule has 2 aromatic rings. The maximum Gasteiger partial charge on any atom is 0.233 e. The lowest BCUT2D eigenvalue weighted by molar-refractivity contribution is -0.127. The van der Waals surface area contributed by atoms with Gasteiger partial charge in [-0.1, -0.05) is 23.9 Å². The Labute approximate surface area is 153 Å². The lowest BCUT2D eigenvalue weighted by Crippen LogP contribution is -2.27. The summed E-state index contributed by atoms with van der Waals surface area (Å²) in [6.07, 6.45) is 0. The minimum absolute atomic E-state index is 0.0540. The first-order valence-corrected chi connectivity index (χ1v) is 9.29. The molecule has 2 rings (SSSR count). The molecule has 6 heteroatoms. The molecule has 25 heavy (non-hydrogen) atoms. The van der Waals surface area contributed by atoms with Gasteiger partial charge >= 0.3 is 0 Å². The molecule has 0 bridgehead atoms. The van der Waals surface area contributed by atoms with Crippen LogP contribution in [0.4, 0.5) is 0 Å². The zero-order valence-corrected chi connectivity index (χ0v) is 16.3. The molecule has 0 radical (unpaired) electrons. The fourth-order valence-corrected chi connectivity index (χ4v) is 3.14. The summed E-state index contributed by atoms with van der Waals surface area (Å²) < 4.78 is 5.43. The van der Waals surface area contributed by atoms with E-state index in [2.05, 4.69) is 9.97 Å². The number of carbonyl (C=O) groups excluding carboxylic acids is 1. The molecule has 1 heterocycles. The fraction of sp³-hybridized carbons (Fsp3) is 0.421. The molecule has 0 aliphatic heterocycles. The second-order valence-corrected chi connectivity index (χ2v) is 6.86. The SMILES string of the molecule is CCOc1ccc(CN(C)C(=O)CSc2nc(C)c(C)c(C)n2)cc1. The zero-order valence-electron chi connectivity index (χ0n) is 15.5. The lowest BCUT2D eigenvalue weighted by Gasteiger charge is -2.17. The number of rotatable bonds is 7. The molecular weight excluding hydrogens is 334 g/mol. The predicted molar refractivity (Wildman–Crippen MR) is 101 cm³/mol. The minimum atomic E-state index is 0.0540. The highest BCUT2D eigenvalue weighted by Gasteiger charge is 2.12. The van der Waals surface area contributed by atoms with Gasteiger partial charge in [-0.25, -0.2) is 9.97 Å².